The van der Waals surface area contributed by atoms with Crippen molar-refractivity contribution in [2.45, 2.75) is 41.0 Å². The third-order valence-electron chi connectivity index (χ3n) is 5.14. The molecule has 0 bridgehead atoms. The molecule has 33 heavy (non-hydrogen) atoms. The van der Waals surface area contributed by atoms with Gasteiger partial charge < -0.3 is 18.6 Å². The summed E-state index contributed by atoms with van der Waals surface area (Å²) in [5, 5.41) is 0. The van der Waals surface area contributed by atoms with Crippen LogP contribution in [-0.2, 0) is 20.7 Å². The molecule has 0 unspecified atom stereocenters. The minimum Gasteiger partial charge on any atom is -0.493 e. The number of carbonyl (C=O) groups excluding carboxylic acids is 1. The predicted molar refractivity (Wildman–Crippen MR) is 128 cm³/mol. The van der Waals surface area contributed by atoms with E-state index in [0.29, 0.717) is 32.1 Å². The lowest BCUT2D eigenvalue weighted by Crippen LogP contribution is -2.11. The Morgan fingerprint density at radius 2 is 1.67 bits per heavy atom. The van der Waals surface area contributed by atoms with E-state index in [4.69, 9.17) is 18.6 Å². The van der Waals surface area contributed by atoms with Crippen LogP contribution in [0, 0.1) is 20.8 Å². The number of aryl methyl sites for hydroxylation is 3. The third-order valence-corrected chi connectivity index (χ3v) is 5.14. The van der Waals surface area contributed by atoms with Gasteiger partial charge in [0.25, 0.3) is 0 Å². The molecule has 0 aliphatic rings. The predicted octanol–water partition coefficient (Wildman–Crippen LogP) is 5.83. The van der Waals surface area contributed by atoms with Crippen LogP contribution in [0.3, 0.4) is 0 Å². The molecular weight excluding hydrogens is 418 g/mol. The zero-order valence-corrected chi connectivity index (χ0v) is 19.9. The van der Waals surface area contributed by atoms with Gasteiger partial charge in [-0.2, -0.15) is 0 Å². The lowest BCUT2D eigenvalue weighted by molar-refractivity contribution is -0.142. The van der Waals surface area contributed by atoms with Crippen LogP contribution in [0.25, 0.3) is 17.5 Å². The second kappa shape index (κ2) is 11.4. The summed E-state index contributed by atoms with van der Waals surface area (Å²) >= 11 is 0. The lowest BCUT2D eigenvalue weighted by atomic mass is 10.0. The van der Waals surface area contributed by atoms with Crippen LogP contribution in [0.15, 0.2) is 52.6 Å². The van der Waals surface area contributed by atoms with E-state index in [2.05, 4.69) is 4.98 Å². The Kier molecular flexibility index (Phi) is 8.30. The van der Waals surface area contributed by atoms with E-state index in [9.17, 15) is 4.79 Å². The van der Waals surface area contributed by atoms with Crippen molar-refractivity contribution in [3.63, 3.8) is 0 Å². The molecule has 0 saturated heterocycles. The zero-order valence-electron chi connectivity index (χ0n) is 19.9. The van der Waals surface area contributed by atoms with Crippen molar-refractivity contribution in [3.8, 4) is 17.2 Å². The first-order valence-electron chi connectivity index (χ1n) is 11.2. The van der Waals surface area contributed by atoms with Crippen molar-refractivity contribution in [2.24, 2.45) is 0 Å². The molecular formula is C27H31NO5. The average Bonchev–Trinajstić information content (AvgIpc) is 3.16. The van der Waals surface area contributed by atoms with E-state index in [0.717, 1.165) is 39.5 Å². The smallest absolute Gasteiger partial charge is 0.373 e. The number of oxazole rings is 1. The molecule has 0 N–H and O–H groups in total. The average molecular weight is 450 g/mol. The molecule has 6 nitrogen and oxygen atoms in total. The largest absolute Gasteiger partial charge is 0.493 e. The van der Waals surface area contributed by atoms with Gasteiger partial charge in [-0.1, -0.05) is 18.2 Å². The molecule has 174 valence electrons. The van der Waals surface area contributed by atoms with Crippen molar-refractivity contribution < 1.29 is 23.4 Å². The van der Waals surface area contributed by atoms with E-state index in [-0.39, 0.29) is 5.76 Å². The fraction of sp³-hybridized carbons (Fsp3) is 0.333. The molecule has 1 aromatic heterocycles. The first-order valence-corrected chi connectivity index (χ1v) is 11.2. The monoisotopic (exact) mass is 449 g/mol. The molecule has 0 aliphatic carbocycles. The second-order valence-electron chi connectivity index (χ2n) is 7.62. The summed E-state index contributed by atoms with van der Waals surface area (Å²) in [5.41, 5.74) is 4.72. The highest BCUT2D eigenvalue weighted by molar-refractivity contribution is 5.92. The van der Waals surface area contributed by atoms with E-state index >= 15 is 0 Å². The molecule has 3 rings (SSSR count). The highest BCUT2D eigenvalue weighted by Gasteiger charge is 2.15. The quantitative estimate of drug-likeness (QED) is 0.220. The summed E-state index contributed by atoms with van der Waals surface area (Å²) in [6, 6.07) is 13.8. The number of carbonyl (C=O) groups is 1. The minimum absolute atomic E-state index is 0.204. The van der Waals surface area contributed by atoms with Crippen LogP contribution in [0.2, 0.25) is 0 Å². The zero-order chi connectivity index (χ0) is 23.8. The van der Waals surface area contributed by atoms with Gasteiger partial charge in [-0.05, 0) is 81.7 Å². The molecule has 1 heterocycles. The van der Waals surface area contributed by atoms with Crippen LogP contribution < -0.4 is 4.74 Å². The Balaban J connectivity index is 1.69. The summed E-state index contributed by atoms with van der Waals surface area (Å²) in [7, 11) is 0. The molecule has 6 heteroatoms. The first-order chi connectivity index (χ1) is 15.9. The number of rotatable bonds is 10. The van der Waals surface area contributed by atoms with Gasteiger partial charge in [0.1, 0.15) is 11.5 Å². The molecule has 0 spiro atoms. The van der Waals surface area contributed by atoms with Crippen LogP contribution >= 0.6 is 0 Å². The van der Waals surface area contributed by atoms with Crippen LogP contribution in [0.5, 0.6) is 5.75 Å². The van der Waals surface area contributed by atoms with Gasteiger partial charge in [0.05, 0.1) is 25.5 Å². The molecule has 0 atom stereocenters. The highest BCUT2D eigenvalue weighted by Crippen LogP contribution is 2.26. The second-order valence-corrected chi connectivity index (χ2v) is 7.62. The maximum absolute atomic E-state index is 12.2. The summed E-state index contributed by atoms with van der Waals surface area (Å²) in [6.45, 7) is 10.6. The molecule has 2 aromatic carbocycles. The number of benzene rings is 2. The van der Waals surface area contributed by atoms with Gasteiger partial charge in [0.2, 0.25) is 11.6 Å². The van der Waals surface area contributed by atoms with Gasteiger partial charge in [-0.25, -0.2) is 9.78 Å². The molecule has 0 saturated carbocycles. The van der Waals surface area contributed by atoms with Gasteiger partial charge in [0.15, 0.2) is 0 Å². The van der Waals surface area contributed by atoms with Gasteiger partial charge in [0, 0.05) is 12.0 Å². The summed E-state index contributed by atoms with van der Waals surface area (Å²) < 4.78 is 22.4. The normalized spacial score (nSPS) is 11.4. The van der Waals surface area contributed by atoms with Gasteiger partial charge >= 0.3 is 5.97 Å². The number of esters is 1. The molecule has 0 amide bonds. The Morgan fingerprint density at radius 1 is 1.00 bits per heavy atom. The van der Waals surface area contributed by atoms with Crippen LogP contribution in [0.4, 0.5) is 0 Å². The fourth-order valence-electron chi connectivity index (χ4n) is 3.52. The van der Waals surface area contributed by atoms with Crippen molar-refractivity contribution in [3.05, 3.63) is 76.4 Å². The number of hydrogen-bond donors (Lipinski definition) is 0. The SMILES string of the molecule is CCOC(=O)/C(=C/c1c(C)cc(OCCc2nc(-c3ccccc3)oc2C)cc1C)OCC. The summed E-state index contributed by atoms with van der Waals surface area (Å²) in [4.78, 5) is 16.8. The van der Waals surface area contributed by atoms with E-state index in [1.807, 2.05) is 70.2 Å². The maximum atomic E-state index is 12.2. The number of nitrogens with zero attached hydrogens (tertiary/aromatic N) is 1. The van der Waals surface area contributed by atoms with Crippen LogP contribution in [-0.4, -0.2) is 30.8 Å². The molecule has 0 radical (unpaired) electrons. The first kappa shape index (κ1) is 24.1. The number of ether oxygens (including phenoxy) is 3. The van der Waals surface area contributed by atoms with Crippen molar-refractivity contribution >= 4 is 12.0 Å². The summed E-state index contributed by atoms with van der Waals surface area (Å²) in [6.07, 6.45) is 2.37. The third kappa shape index (κ3) is 6.25. The maximum Gasteiger partial charge on any atom is 0.373 e. The minimum atomic E-state index is -0.462. The summed E-state index contributed by atoms with van der Waals surface area (Å²) in [5.74, 6) is 1.93. The van der Waals surface area contributed by atoms with E-state index in [1.54, 1.807) is 13.0 Å². The van der Waals surface area contributed by atoms with Crippen LogP contribution in [0.1, 0.15) is 42.0 Å². The lowest BCUT2D eigenvalue weighted by Gasteiger charge is -2.13. The van der Waals surface area contributed by atoms with E-state index in [1.165, 1.54) is 0 Å². The van der Waals surface area contributed by atoms with E-state index < -0.39 is 5.97 Å². The Labute approximate surface area is 195 Å². The number of aromatic nitrogens is 1. The van der Waals surface area contributed by atoms with Crippen molar-refractivity contribution in [2.75, 3.05) is 19.8 Å². The molecule has 0 aliphatic heterocycles. The van der Waals surface area contributed by atoms with Gasteiger partial charge in [-0.15, -0.1) is 0 Å². The van der Waals surface area contributed by atoms with Gasteiger partial charge in [-0.3, -0.25) is 0 Å². The molecule has 0 fully saturated rings. The Bertz CT molecular complexity index is 1090. The topological polar surface area (TPSA) is 70.8 Å². The van der Waals surface area contributed by atoms with Crippen molar-refractivity contribution in [1.29, 1.82) is 0 Å². The highest BCUT2D eigenvalue weighted by atomic mass is 16.6. The Morgan fingerprint density at radius 3 is 2.30 bits per heavy atom. The molecule has 3 aromatic rings. The Hall–Kier alpha value is -3.54. The van der Waals surface area contributed by atoms with Crippen molar-refractivity contribution in [1.82, 2.24) is 4.98 Å². The number of hydrogen-bond acceptors (Lipinski definition) is 6. The fourth-order valence-corrected chi connectivity index (χ4v) is 3.52. The standard InChI is InChI=1S/C27H31NO5/c1-6-30-25(27(29)31-7-2)17-23-18(3)15-22(16-19(23)4)32-14-13-24-20(5)33-26(28-24)21-11-9-8-10-12-21/h8-12,15-17H,6-7,13-14H2,1-5H3/b25-17-.